The van der Waals surface area contributed by atoms with Crippen LogP contribution in [0.15, 0.2) is 21.5 Å². The van der Waals surface area contributed by atoms with Crippen molar-refractivity contribution >= 4 is 31.9 Å². The summed E-state index contributed by atoms with van der Waals surface area (Å²) in [6.45, 7) is 2.58. The van der Waals surface area contributed by atoms with E-state index in [1.54, 1.807) is 4.90 Å². The molecule has 0 spiro atoms. The van der Waals surface area contributed by atoms with E-state index in [4.69, 9.17) is 5.14 Å². The Kier molecular flexibility index (Phi) is 4.69. The Bertz CT molecular complexity index is 678. The molecule has 1 aromatic carbocycles. The Hall–Kier alpha value is -0.990. The molecule has 21 heavy (non-hydrogen) atoms. The summed E-state index contributed by atoms with van der Waals surface area (Å²) in [4.78, 5) is 13.7. The molecule has 2 N–H and O–H groups in total. The molecule has 1 amide bonds. The van der Waals surface area contributed by atoms with Crippen molar-refractivity contribution in [2.45, 2.75) is 37.1 Å². The maximum Gasteiger partial charge on any atom is 0.254 e. The number of benzene rings is 1. The lowest BCUT2D eigenvalue weighted by Gasteiger charge is -2.24. The summed E-state index contributed by atoms with van der Waals surface area (Å²) in [5, 5.41) is 5.05. The van der Waals surface area contributed by atoms with Crippen molar-refractivity contribution in [2.24, 2.45) is 5.14 Å². The number of primary sulfonamides is 1. The molecule has 116 valence electrons. The second-order valence-corrected chi connectivity index (χ2v) is 7.34. The van der Waals surface area contributed by atoms with Crippen LogP contribution >= 0.6 is 15.9 Å². The number of amides is 1. The Morgan fingerprint density at radius 3 is 2.76 bits per heavy atom. The largest absolute Gasteiger partial charge is 0.336 e. The fraction of sp³-hybridized carbons (Fsp3) is 0.462. The molecular formula is C13H16BrFN2O3S. The van der Waals surface area contributed by atoms with Crippen molar-refractivity contribution in [2.75, 3.05) is 6.54 Å². The number of nitrogens with two attached hydrogens (primary N) is 1. The molecule has 0 aromatic heterocycles. The molecule has 8 heteroatoms. The molecule has 1 aliphatic heterocycles. The highest BCUT2D eigenvalue weighted by Crippen LogP contribution is 2.28. The van der Waals surface area contributed by atoms with Gasteiger partial charge in [0.1, 0.15) is 5.82 Å². The molecule has 1 aromatic rings. The number of hydrogen-bond acceptors (Lipinski definition) is 3. The maximum atomic E-state index is 13.9. The zero-order valence-electron chi connectivity index (χ0n) is 11.5. The van der Waals surface area contributed by atoms with E-state index in [-0.39, 0.29) is 22.0 Å². The quantitative estimate of drug-likeness (QED) is 0.875. The van der Waals surface area contributed by atoms with Gasteiger partial charge < -0.3 is 4.90 Å². The molecule has 0 bridgehead atoms. The van der Waals surface area contributed by atoms with Gasteiger partial charge in [0.15, 0.2) is 0 Å². The summed E-state index contributed by atoms with van der Waals surface area (Å²) in [6, 6.07) is 2.27. The smallest absolute Gasteiger partial charge is 0.254 e. The van der Waals surface area contributed by atoms with Crippen molar-refractivity contribution in [1.29, 1.82) is 0 Å². The normalized spacial score (nSPS) is 19.0. The van der Waals surface area contributed by atoms with E-state index in [0.717, 1.165) is 31.4 Å². The monoisotopic (exact) mass is 378 g/mol. The third kappa shape index (κ3) is 3.27. The summed E-state index contributed by atoms with van der Waals surface area (Å²) < 4.78 is 36.6. The van der Waals surface area contributed by atoms with Gasteiger partial charge in [-0.1, -0.05) is 6.92 Å². The van der Waals surface area contributed by atoms with E-state index in [0.29, 0.717) is 6.54 Å². The lowest BCUT2D eigenvalue weighted by molar-refractivity contribution is 0.0733. The Morgan fingerprint density at radius 2 is 2.19 bits per heavy atom. The van der Waals surface area contributed by atoms with Gasteiger partial charge in [-0.2, -0.15) is 0 Å². The van der Waals surface area contributed by atoms with Gasteiger partial charge >= 0.3 is 0 Å². The Labute approximate surface area is 131 Å². The number of likely N-dealkylation sites (tertiary alicyclic amines) is 1. The molecule has 1 fully saturated rings. The third-order valence-corrected chi connectivity index (χ3v) is 5.66. The molecule has 1 saturated heterocycles. The van der Waals surface area contributed by atoms with Crippen LogP contribution in [0.25, 0.3) is 0 Å². The van der Waals surface area contributed by atoms with E-state index in [1.807, 2.05) is 6.92 Å². The minimum absolute atomic E-state index is 0.0000694. The van der Waals surface area contributed by atoms with Crippen molar-refractivity contribution in [3.05, 3.63) is 28.0 Å². The zero-order chi connectivity index (χ0) is 15.8. The van der Waals surface area contributed by atoms with Gasteiger partial charge in [0, 0.05) is 18.2 Å². The number of carbonyl (C=O) groups excluding carboxylic acids is 1. The second-order valence-electron chi connectivity index (χ2n) is 5.02. The molecule has 1 unspecified atom stereocenters. The summed E-state index contributed by atoms with van der Waals surface area (Å²) in [5.74, 6) is -1.19. The molecule has 1 atom stereocenters. The molecule has 1 heterocycles. The highest BCUT2D eigenvalue weighted by molar-refractivity contribution is 9.10. The predicted molar refractivity (Wildman–Crippen MR) is 79.8 cm³/mol. The van der Waals surface area contributed by atoms with Crippen molar-refractivity contribution < 1.29 is 17.6 Å². The van der Waals surface area contributed by atoms with Crippen LogP contribution in [0.1, 0.15) is 36.5 Å². The molecular weight excluding hydrogens is 363 g/mol. The number of hydrogen-bond donors (Lipinski definition) is 1. The lowest BCUT2D eigenvalue weighted by Crippen LogP contribution is -2.35. The summed E-state index contributed by atoms with van der Waals surface area (Å²) in [7, 11) is -4.11. The van der Waals surface area contributed by atoms with Crippen LogP contribution in [-0.4, -0.2) is 31.8 Å². The van der Waals surface area contributed by atoms with E-state index in [2.05, 4.69) is 15.9 Å². The summed E-state index contributed by atoms with van der Waals surface area (Å²) >= 11 is 2.85. The standard InChI is InChI=1S/C13H16BrFN2O3S/c1-2-9-4-3-5-17(9)13(18)8-6-10(15)12(14)11(7-8)21(16,19)20/h6-7,9H,2-5H2,1H3,(H2,16,19,20). The zero-order valence-corrected chi connectivity index (χ0v) is 13.9. The van der Waals surface area contributed by atoms with Crippen molar-refractivity contribution in [1.82, 2.24) is 4.90 Å². The van der Waals surface area contributed by atoms with E-state index in [9.17, 15) is 17.6 Å². The van der Waals surface area contributed by atoms with Crippen LogP contribution in [0.2, 0.25) is 0 Å². The molecule has 0 radical (unpaired) electrons. The van der Waals surface area contributed by atoms with Gasteiger partial charge in [0.25, 0.3) is 5.91 Å². The minimum atomic E-state index is -4.11. The van der Waals surface area contributed by atoms with Crippen LogP contribution < -0.4 is 5.14 Å². The summed E-state index contributed by atoms with van der Waals surface area (Å²) in [5.41, 5.74) is 0.0000694. The first-order valence-corrected chi connectivity index (χ1v) is 8.92. The van der Waals surface area contributed by atoms with Crippen molar-refractivity contribution in [3.8, 4) is 0 Å². The van der Waals surface area contributed by atoms with Gasteiger partial charge in [-0.15, -0.1) is 0 Å². The number of carbonyl (C=O) groups is 1. The average Bonchev–Trinajstić information content (AvgIpc) is 2.87. The van der Waals surface area contributed by atoms with E-state index >= 15 is 0 Å². The van der Waals surface area contributed by atoms with Gasteiger partial charge in [0.2, 0.25) is 10.0 Å². The molecule has 5 nitrogen and oxygen atoms in total. The second kappa shape index (κ2) is 6.02. The fourth-order valence-corrected chi connectivity index (χ4v) is 4.13. The van der Waals surface area contributed by atoms with Gasteiger partial charge in [-0.25, -0.2) is 17.9 Å². The summed E-state index contributed by atoms with van der Waals surface area (Å²) in [6.07, 6.45) is 2.61. The molecule has 1 aliphatic rings. The van der Waals surface area contributed by atoms with Gasteiger partial charge in [0.05, 0.1) is 9.37 Å². The van der Waals surface area contributed by atoms with Crippen molar-refractivity contribution in [3.63, 3.8) is 0 Å². The van der Waals surface area contributed by atoms with E-state index in [1.165, 1.54) is 0 Å². The first-order valence-electron chi connectivity index (χ1n) is 6.58. The minimum Gasteiger partial charge on any atom is -0.336 e. The van der Waals surface area contributed by atoms with E-state index < -0.39 is 20.7 Å². The number of sulfonamides is 1. The fourth-order valence-electron chi connectivity index (χ4n) is 2.59. The predicted octanol–water partition coefficient (Wildman–Crippen LogP) is 2.25. The van der Waals surface area contributed by atoms with Crippen LogP contribution in [0, 0.1) is 5.82 Å². The van der Waals surface area contributed by atoms with Gasteiger partial charge in [-0.05, 0) is 47.3 Å². The van der Waals surface area contributed by atoms with Crippen LogP contribution in [0.3, 0.4) is 0 Å². The maximum absolute atomic E-state index is 13.9. The lowest BCUT2D eigenvalue weighted by atomic mass is 10.1. The third-order valence-electron chi connectivity index (χ3n) is 3.66. The first-order chi connectivity index (χ1) is 9.75. The molecule has 0 saturated carbocycles. The number of rotatable bonds is 3. The van der Waals surface area contributed by atoms with Gasteiger partial charge in [-0.3, -0.25) is 4.79 Å². The first kappa shape index (κ1) is 16.4. The highest BCUT2D eigenvalue weighted by atomic mass is 79.9. The number of nitrogens with zero attached hydrogens (tertiary/aromatic N) is 1. The SMILES string of the molecule is CCC1CCCN1C(=O)c1cc(F)c(Br)c(S(N)(=O)=O)c1. The Balaban J connectivity index is 2.45. The average molecular weight is 379 g/mol. The molecule has 2 rings (SSSR count). The van der Waals surface area contributed by atoms with Crippen LogP contribution in [0.4, 0.5) is 4.39 Å². The highest BCUT2D eigenvalue weighted by Gasteiger charge is 2.29. The van der Waals surface area contributed by atoms with Crippen LogP contribution in [0.5, 0.6) is 0 Å². The topological polar surface area (TPSA) is 80.5 Å². The van der Waals surface area contributed by atoms with Crippen LogP contribution in [-0.2, 0) is 10.0 Å². The molecule has 0 aliphatic carbocycles. The number of halogens is 2. The Morgan fingerprint density at radius 1 is 1.52 bits per heavy atom.